The van der Waals surface area contributed by atoms with Crippen LogP contribution in [-0.4, -0.2) is 35.0 Å². The second-order valence-corrected chi connectivity index (χ2v) is 4.53. The first-order valence-electron chi connectivity index (χ1n) is 6.13. The van der Waals surface area contributed by atoms with Crippen LogP contribution in [0.1, 0.15) is 45.4 Å². The van der Waals surface area contributed by atoms with Gasteiger partial charge in [0.1, 0.15) is 0 Å². The molecule has 0 aromatic heterocycles. The lowest BCUT2D eigenvalue weighted by molar-refractivity contribution is -0.141. The van der Waals surface area contributed by atoms with Crippen LogP contribution in [0.3, 0.4) is 0 Å². The van der Waals surface area contributed by atoms with E-state index in [9.17, 15) is 9.59 Å². The summed E-state index contributed by atoms with van der Waals surface area (Å²) in [5.74, 6) is -0.272. The summed E-state index contributed by atoms with van der Waals surface area (Å²) >= 11 is 0. The maximum absolute atomic E-state index is 11.7. The summed E-state index contributed by atoms with van der Waals surface area (Å²) in [6.45, 7) is 3.79. The summed E-state index contributed by atoms with van der Waals surface area (Å²) in [6, 6.07) is 0. The van der Waals surface area contributed by atoms with E-state index < -0.39 is 5.97 Å². The van der Waals surface area contributed by atoms with Crippen LogP contribution >= 0.6 is 0 Å². The van der Waals surface area contributed by atoms with E-state index in [0.717, 1.165) is 25.9 Å². The second-order valence-electron chi connectivity index (χ2n) is 4.53. The van der Waals surface area contributed by atoms with E-state index in [2.05, 4.69) is 6.92 Å². The highest BCUT2D eigenvalue weighted by Crippen LogP contribution is 2.21. The van der Waals surface area contributed by atoms with Crippen LogP contribution in [0.4, 0.5) is 0 Å². The van der Waals surface area contributed by atoms with Crippen molar-refractivity contribution in [1.29, 1.82) is 0 Å². The van der Waals surface area contributed by atoms with Gasteiger partial charge in [-0.1, -0.05) is 13.3 Å². The molecule has 0 aromatic carbocycles. The summed E-state index contributed by atoms with van der Waals surface area (Å²) in [5.41, 5.74) is 0. The molecule has 1 aliphatic rings. The number of aliphatic carboxylic acids is 1. The molecule has 0 bridgehead atoms. The number of hydrogen-bond acceptors (Lipinski definition) is 2. The van der Waals surface area contributed by atoms with Gasteiger partial charge in [0.15, 0.2) is 0 Å². The number of rotatable bonds is 5. The van der Waals surface area contributed by atoms with E-state index in [1.54, 1.807) is 0 Å². The molecule has 0 radical (unpaired) electrons. The average molecular weight is 227 g/mol. The van der Waals surface area contributed by atoms with Crippen LogP contribution < -0.4 is 0 Å². The van der Waals surface area contributed by atoms with Crippen LogP contribution in [0.2, 0.25) is 0 Å². The quantitative estimate of drug-likeness (QED) is 0.780. The lowest BCUT2D eigenvalue weighted by atomic mass is 9.93. The molecule has 1 saturated heterocycles. The lowest BCUT2D eigenvalue weighted by Gasteiger charge is -2.32. The number of likely N-dealkylation sites (tertiary alicyclic amines) is 1. The molecule has 1 unspecified atom stereocenters. The number of carbonyl (C=O) groups excluding carboxylic acids is 1. The zero-order valence-electron chi connectivity index (χ0n) is 9.95. The van der Waals surface area contributed by atoms with E-state index in [1.165, 1.54) is 12.8 Å². The van der Waals surface area contributed by atoms with E-state index in [0.29, 0.717) is 5.92 Å². The molecular formula is C12H21NO3. The van der Waals surface area contributed by atoms with Crippen molar-refractivity contribution in [3.05, 3.63) is 0 Å². The average Bonchev–Trinajstić information content (AvgIpc) is 2.26. The van der Waals surface area contributed by atoms with Crippen molar-refractivity contribution in [2.75, 3.05) is 13.1 Å². The smallest absolute Gasteiger partial charge is 0.303 e. The maximum atomic E-state index is 11.7. The number of piperidine rings is 1. The molecule has 0 aromatic rings. The number of hydrogen-bond donors (Lipinski definition) is 1. The Morgan fingerprint density at radius 1 is 1.38 bits per heavy atom. The van der Waals surface area contributed by atoms with Crippen molar-refractivity contribution in [3.8, 4) is 0 Å². The monoisotopic (exact) mass is 227 g/mol. The molecule has 0 spiro atoms. The summed E-state index contributed by atoms with van der Waals surface area (Å²) in [5, 5.41) is 8.53. The SMILES string of the molecule is CCCC1CCCN(C(=O)CCC(=O)O)C1. The highest BCUT2D eigenvalue weighted by molar-refractivity contribution is 5.80. The van der Waals surface area contributed by atoms with Gasteiger partial charge in [0.25, 0.3) is 0 Å². The second kappa shape index (κ2) is 6.51. The number of amides is 1. The molecule has 0 saturated carbocycles. The van der Waals surface area contributed by atoms with Gasteiger partial charge in [-0.3, -0.25) is 9.59 Å². The van der Waals surface area contributed by atoms with Crippen molar-refractivity contribution in [2.45, 2.75) is 45.4 Å². The standard InChI is InChI=1S/C12H21NO3/c1-2-4-10-5-3-8-13(9-10)11(14)6-7-12(15)16/h10H,2-9H2,1H3,(H,15,16). The van der Waals surface area contributed by atoms with Crippen molar-refractivity contribution < 1.29 is 14.7 Å². The van der Waals surface area contributed by atoms with Gasteiger partial charge in [0.2, 0.25) is 5.91 Å². The third-order valence-electron chi connectivity index (χ3n) is 3.12. The topological polar surface area (TPSA) is 57.6 Å². The third-order valence-corrected chi connectivity index (χ3v) is 3.12. The first-order valence-corrected chi connectivity index (χ1v) is 6.13. The fourth-order valence-corrected chi connectivity index (χ4v) is 2.31. The Labute approximate surface area is 96.6 Å². The van der Waals surface area contributed by atoms with Crippen LogP contribution in [0.5, 0.6) is 0 Å². The molecule has 16 heavy (non-hydrogen) atoms. The van der Waals surface area contributed by atoms with Crippen LogP contribution in [-0.2, 0) is 9.59 Å². The van der Waals surface area contributed by atoms with Crippen LogP contribution in [0, 0.1) is 5.92 Å². The first-order chi connectivity index (χ1) is 7.63. The third kappa shape index (κ3) is 4.21. The Balaban J connectivity index is 2.34. The summed E-state index contributed by atoms with van der Waals surface area (Å²) in [4.78, 5) is 23.9. The Kier molecular flexibility index (Phi) is 5.29. The normalized spacial score (nSPS) is 20.8. The molecule has 1 fully saturated rings. The van der Waals surface area contributed by atoms with Crippen molar-refractivity contribution >= 4 is 11.9 Å². The summed E-state index contributed by atoms with van der Waals surface area (Å²) < 4.78 is 0. The molecule has 1 heterocycles. The van der Waals surface area contributed by atoms with Crippen LogP contribution in [0.25, 0.3) is 0 Å². The fraction of sp³-hybridized carbons (Fsp3) is 0.833. The molecule has 4 nitrogen and oxygen atoms in total. The predicted octanol–water partition coefficient (Wildman–Crippen LogP) is 1.89. The molecule has 0 aliphatic carbocycles. The van der Waals surface area contributed by atoms with Gasteiger partial charge < -0.3 is 10.0 Å². The molecule has 1 aliphatic heterocycles. The van der Waals surface area contributed by atoms with Gasteiger partial charge in [-0.05, 0) is 25.2 Å². The van der Waals surface area contributed by atoms with E-state index in [4.69, 9.17) is 5.11 Å². The zero-order valence-corrected chi connectivity index (χ0v) is 9.95. The molecule has 1 N–H and O–H groups in total. The minimum Gasteiger partial charge on any atom is -0.481 e. The fourth-order valence-electron chi connectivity index (χ4n) is 2.31. The zero-order chi connectivity index (χ0) is 12.0. The van der Waals surface area contributed by atoms with Crippen molar-refractivity contribution in [1.82, 2.24) is 4.90 Å². The molecule has 4 heteroatoms. The van der Waals surface area contributed by atoms with Gasteiger partial charge in [-0.15, -0.1) is 0 Å². The van der Waals surface area contributed by atoms with Crippen molar-refractivity contribution in [2.24, 2.45) is 5.92 Å². The van der Waals surface area contributed by atoms with Gasteiger partial charge in [-0.25, -0.2) is 0 Å². The van der Waals surface area contributed by atoms with E-state index in [-0.39, 0.29) is 18.7 Å². The molecule has 1 rings (SSSR count). The minimum absolute atomic E-state index is 0.00297. The Hall–Kier alpha value is -1.06. The Morgan fingerprint density at radius 2 is 2.12 bits per heavy atom. The number of carbonyl (C=O) groups is 2. The molecule has 1 atom stereocenters. The van der Waals surface area contributed by atoms with Gasteiger partial charge in [0, 0.05) is 19.5 Å². The maximum Gasteiger partial charge on any atom is 0.303 e. The molecule has 92 valence electrons. The Morgan fingerprint density at radius 3 is 2.75 bits per heavy atom. The summed E-state index contributed by atoms with van der Waals surface area (Å²) in [6.07, 6.45) is 4.69. The lowest BCUT2D eigenvalue weighted by Crippen LogP contribution is -2.39. The first kappa shape index (κ1) is 13.0. The van der Waals surface area contributed by atoms with Crippen molar-refractivity contribution in [3.63, 3.8) is 0 Å². The minimum atomic E-state index is -0.893. The molecule has 1 amide bonds. The number of nitrogens with zero attached hydrogens (tertiary/aromatic N) is 1. The van der Waals surface area contributed by atoms with E-state index >= 15 is 0 Å². The van der Waals surface area contributed by atoms with Gasteiger partial charge >= 0.3 is 5.97 Å². The predicted molar refractivity (Wildman–Crippen MR) is 61.1 cm³/mol. The highest BCUT2D eigenvalue weighted by atomic mass is 16.4. The van der Waals surface area contributed by atoms with E-state index in [1.807, 2.05) is 4.90 Å². The molecular weight excluding hydrogens is 206 g/mol. The highest BCUT2D eigenvalue weighted by Gasteiger charge is 2.22. The largest absolute Gasteiger partial charge is 0.481 e. The van der Waals surface area contributed by atoms with Gasteiger partial charge in [-0.2, -0.15) is 0 Å². The Bertz CT molecular complexity index is 251. The van der Waals surface area contributed by atoms with Crippen LogP contribution in [0.15, 0.2) is 0 Å². The number of carboxylic acid groups (broad SMARTS) is 1. The number of carboxylic acids is 1. The van der Waals surface area contributed by atoms with Gasteiger partial charge in [0.05, 0.1) is 6.42 Å². The summed E-state index contributed by atoms with van der Waals surface area (Å²) in [7, 11) is 0.